The van der Waals surface area contributed by atoms with Crippen LogP contribution < -0.4 is 0 Å². The van der Waals surface area contributed by atoms with E-state index in [-0.39, 0.29) is 16.1 Å². The Bertz CT molecular complexity index is 608. The smallest absolute Gasteiger partial charge is 0.266 e. The number of hydrogen-bond donors (Lipinski definition) is 1. The van der Waals surface area contributed by atoms with Crippen molar-refractivity contribution in [3.8, 4) is 0 Å². The first-order chi connectivity index (χ1) is 7.50. The van der Waals surface area contributed by atoms with Gasteiger partial charge < -0.3 is 0 Å². The van der Waals surface area contributed by atoms with Gasteiger partial charge in [-0.05, 0) is 0 Å². The maximum absolute atomic E-state index is 10.7. The molecule has 0 bridgehead atoms. The summed E-state index contributed by atoms with van der Waals surface area (Å²) < 4.78 is 0. The number of nitrogens with one attached hydrogen (secondary N) is 1. The van der Waals surface area contributed by atoms with Crippen molar-refractivity contribution in [2.24, 2.45) is 0 Å². The number of nitro benzene ring substituents is 2. The Kier molecular flexibility index (Phi) is 2.20. The molecule has 0 radical (unpaired) electrons. The van der Waals surface area contributed by atoms with Gasteiger partial charge in [-0.1, -0.05) is 11.6 Å². The summed E-state index contributed by atoms with van der Waals surface area (Å²) >= 11 is 5.66. The van der Waals surface area contributed by atoms with Gasteiger partial charge in [0.25, 0.3) is 5.69 Å². The first-order valence-corrected chi connectivity index (χ1v) is 4.35. The molecule has 0 saturated carbocycles. The Balaban J connectivity index is 2.86. The normalized spacial score (nSPS) is 10.6. The highest BCUT2D eigenvalue weighted by Gasteiger charge is 2.22. The number of rotatable bonds is 2. The predicted molar refractivity (Wildman–Crippen MR) is 54.4 cm³/mol. The summed E-state index contributed by atoms with van der Waals surface area (Å²) in [7, 11) is 0. The Morgan fingerprint density at radius 2 is 1.94 bits per heavy atom. The zero-order valence-electron chi connectivity index (χ0n) is 7.51. The topological polar surface area (TPSA) is 115 Å². The molecule has 0 aliphatic rings. The van der Waals surface area contributed by atoms with E-state index in [0.717, 1.165) is 12.1 Å². The van der Waals surface area contributed by atoms with Gasteiger partial charge in [0, 0.05) is 6.07 Å². The van der Waals surface area contributed by atoms with Crippen molar-refractivity contribution in [1.29, 1.82) is 0 Å². The lowest BCUT2D eigenvalue weighted by atomic mass is 10.2. The quantitative estimate of drug-likeness (QED) is 0.639. The first-order valence-electron chi connectivity index (χ1n) is 3.97. The molecule has 82 valence electrons. The van der Waals surface area contributed by atoms with Gasteiger partial charge in [0.2, 0.25) is 0 Å². The Labute approximate surface area is 92.1 Å². The second-order valence-corrected chi connectivity index (χ2v) is 3.29. The number of aromatic amines is 1. The number of halogens is 1. The average molecular weight is 243 g/mol. The second kappa shape index (κ2) is 3.42. The minimum atomic E-state index is -0.744. The van der Waals surface area contributed by atoms with E-state index in [0.29, 0.717) is 0 Å². The molecule has 1 aromatic heterocycles. The minimum Gasteiger partial charge on any atom is -0.266 e. The fourth-order valence-corrected chi connectivity index (χ4v) is 1.49. The van der Waals surface area contributed by atoms with E-state index < -0.39 is 21.2 Å². The summed E-state index contributed by atoms with van der Waals surface area (Å²) in [5.74, 6) is 0. The molecule has 0 atom stereocenters. The SMILES string of the molecule is O=[N+]([O-])c1cc([N+](=O)[O-])c2n[nH]c(Cl)c2c1. The number of hydrogen-bond acceptors (Lipinski definition) is 5. The fraction of sp³-hybridized carbons (Fsp3) is 0. The molecule has 1 N–H and O–H groups in total. The minimum absolute atomic E-state index is 0.000556. The van der Waals surface area contributed by atoms with Crippen LogP contribution in [0.2, 0.25) is 5.15 Å². The van der Waals surface area contributed by atoms with Crippen molar-refractivity contribution in [1.82, 2.24) is 10.2 Å². The molecule has 0 amide bonds. The van der Waals surface area contributed by atoms with Crippen LogP contribution in [0.1, 0.15) is 0 Å². The number of aromatic nitrogens is 2. The van der Waals surface area contributed by atoms with Crippen molar-refractivity contribution < 1.29 is 9.85 Å². The van der Waals surface area contributed by atoms with Crippen LogP contribution >= 0.6 is 11.6 Å². The van der Waals surface area contributed by atoms with Gasteiger partial charge in [-0.25, -0.2) is 0 Å². The first kappa shape index (κ1) is 10.3. The monoisotopic (exact) mass is 242 g/mol. The third-order valence-electron chi connectivity index (χ3n) is 1.98. The van der Waals surface area contributed by atoms with Crippen LogP contribution in [0, 0.1) is 20.2 Å². The van der Waals surface area contributed by atoms with E-state index in [1.165, 1.54) is 0 Å². The van der Waals surface area contributed by atoms with E-state index >= 15 is 0 Å². The van der Waals surface area contributed by atoms with Gasteiger partial charge >= 0.3 is 5.69 Å². The molecule has 8 nitrogen and oxygen atoms in total. The molecule has 0 spiro atoms. The summed E-state index contributed by atoms with van der Waals surface area (Å²) in [6, 6.07) is 1.98. The molecule has 1 heterocycles. The summed E-state index contributed by atoms with van der Waals surface area (Å²) in [6.07, 6.45) is 0. The number of benzene rings is 1. The van der Waals surface area contributed by atoms with Crippen molar-refractivity contribution in [3.63, 3.8) is 0 Å². The predicted octanol–water partition coefficient (Wildman–Crippen LogP) is 2.03. The third-order valence-corrected chi connectivity index (χ3v) is 2.27. The van der Waals surface area contributed by atoms with Gasteiger partial charge in [-0.15, -0.1) is 0 Å². The van der Waals surface area contributed by atoms with E-state index in [9.17, 15) is 20.2 Å². The highest BCUT2D eigenvalue weighted by atomic mass is 35.5. The highest BCUT2D eigenvalue weighted by Crippen LogP contribution is 2.32. The van der Waals surface area contributed by atoms with Crippen LogP contribution in [0.25, 0.3) is 10.9 Å². The summed E-state index contributed by atoms with van der Waals surface area (Å²) in [6.45, 7) is 0. The molecule has 2 aromatic rings. The molecule has 1 aromatic carbocycles. The lowest BCUT2D eigenvalue weighted by Gasteiger charge is -1.94. The summed E-state index contributed by atoms with van der Waals surface area (Å²) in [5, 5.41) is 27.4. The van der Waals surface area contributed by atoms with Crippen LogP contribution in [-0.4, -0.2) is 20.0 Å². The largest absolute Gasteiger partial charge is 0.304 e. The molecule has 0 aliphatic carbocycles. The Morgan fingerprint density at radius 3 is 2.50 bits per heavy atom. The molecular weight excluding hydrogens is 240 g/mol. The van der Waals surface area contributed by atoms with Crippen LogP contribution in [0.3, 0.4) is 0 Å². The lowest BCUT2D eigenvalue weighted by Crippen LogP contribution is -1.93. The van der Waals surface area contributed by atoms with E-state index in [2.05, 4.69) is 10.2 Å². The molecule has 0 aliphatic heterocycles. The number of nitrogens with zero attached hydrogens (tertiary/aromatic N) is 3. The molecule has 9 heteroatoms. The maximum Gasteiger partial charge on any atom is 0.304 e. The van der Waals surface area contributed by atoms with Gasteiger partial charge in [0.1, 0.15) is 5.15 Å². The number of non-ortho nitro benzene ring substituents is 2. The van der Waals surface area contributed by atoms with E-state index in [4.69, 9.17) is 11.6 Å². The fourth-order valence-electron chi connectivity index (χ4n) is 1.30. The number of H-pyrrole nitrogens is 1. The van der Waals surface area contributed by atoms with E-state index in [1.54, 1.807) is 0 Å². The molecule has 0 fully saturated rings. The number of nitro groups is 2. The van der Waals surface area contributed by atoms with Gasteiger partial charge in [0.05, 0.1) is 21.3 Å². The molecule has 2 rings (SSSR count). The summed E-state index contributed by atoms with van der Waals surface area (Å²) in [4.78, 5) is 19.8. The Morgan fingerprint density at radius 1 is 1.25 bits per heavy atom. The molecular formula is C7H3ClN4O4. The second-order valence-electron chi connectivity index (χ2n) is 2.91. The zero-order valence-corrected chi connectivity index (χ0v) is 8.26. The standard InChI is InChI=1S/C7H3ClN4O4/c8-7-4-1-3(11(13)14)2-5(12(15)16)6(4)9-10-7/h1-2H,(H,9,10). The number of fused-ring (bicyclic) bond motifs is 1. The van der Waals surface area contributed by atoms with Gasteiger partial charge in [0.15, 0.2) is 5.52 Å². The molecule has 0 unspecified atom stereocenters. The summed E-state index contributed by atoms with van der Waals surface area (Å²) in [5.41, 5.74) is -0.851. The van der Waals surface area contributed by atoms with Gasteiger partial charge in [-0.3, -0.25) is 25.3 Å². The van der Waals surface area contributed by atoms with Gasteiger partial charge in [-0.2, -0.15) is 5.10 Å². The van der Waals surface area contributed by atoms with E-state index in [1.807, 2.05) is 0 Å². The molecule has 16 heavy (non-hydrogen) atoms. The lowest BCUT2D eigenvalue weighted by molar-refractivity contribution is -0.393. The van der Waals surface area contributed by atoms with Crippen LogP contribution in [-0.2, 0) is 0 Å². The zero-order chi connectivity index (χ0) is 11.9. The average Bonchev–Trinajstić information content (AvgIpc) is 2.59. The van der Waals surface area contributed by atoms with Crippen molar-refractivity contribution in [3.05, 3.63) is 37.5 Å². The van der Waals surface area contributed by atoms with Crippen LogP contribution in [0.4, 0.5) is 11.4 Å². The maximum atomic E-state index is 10.7. The Hall–Kier alpha value is -2.22. The van der Waals surface area contributed by atoms with Crippen LogP contribution in [0.5, 0.6) is 0 Å². The van der Waals surface area contributed by atoms with Crippen molar-refractivity contribution in [2.75, 3.05) is 0 Å². The highest BCUT2D eigenvalue weighted by molar-refractivity contribution is 6.34. The van der Waals surface area contributed by atoms with Crippen molar-refractivity contribution in [2.45, 2.75) is 0 Å². The molecule has 0 saturated heterocycles. The van der Waals surface area contributed by atoms with Crippen LogP contribution in [0.15, 0.2) is 12.1 Å². The van der Waals surface area contributed by atoms with Crippen molar-refractivity contribution >= 4 is 33.9 Å². The third kappa shape index (κ3) is 1.44.